The zero-order chi connectivity index (χ0) is 14.7. The van der Waals surface area contributed by atoms with Crippen LogP contribution in [0.2, 0.25) is 0 Å². The number of thiophene rings is 1. The summed E-state index contributed by atoms with van der Waals surface area (Å²) in [6.45, 7) is 1.61. The highest BCUT2D eigenvalue weighted by atomic mass is 32.1. The minimum absolute atomic E-state index is 0.0592. The summed E-state index contributed by atoms with van der Waals surface area (Å²) in [5.41, 5.74) is 7.46. The number of hydrogen-bond acceptors (Lipinski definition) is 3. The van der Waals surface area contributed by atoms with Gasteiger partial charge in [-0.2, -0.15) is 0 Å². The number of likely N-dealkylation sites (tertiary alicyclic amines) is 1. The maximum absolute atomic E-state index is 12.4. The van der Waals surface area contributed by atoms with E-state index in [1.807, 2.05) is 28.5 Å². The molecular formula is C17H20N2OS. The molecule has 1 saturated heterocycles. The Balaban J connectivity index is 1.59. The van der Waals surface area contributed by atoms with Crippen LogP contribution in [0.4, 0.5) is 0 Å². The van der Waals surface area contributed by atoms with Gasteiger partial charge >= 0.3 is 0 Å². The van der Waals surface area contributed by atoms with Crippen molar-refractivity contribution in [1.29, 1.82) is 0 Å². The Bertz CT molecular complexity index is 574. The quantitative estimate of drug-likeness (QED) is 0.946. The molecule has 3 rings (SSSR count). The maximum Gasteiger partial charge on any atom is 0.244 e. The number of rotatable bonds is 3. The SMILES string of the molecule is NC(C(=O)N1CCC(c2ccccc2)CC1)c1cccs1. The molecule has 1 aliphatic heterocycles. The fourth-order valence-corrected chi connectivity index (χ4v) is 3.66. The summed E-state index contributed by atoms with van der Waals surface area (Å²) in [6, 6.07) is 13.9. The molecule has 1 amide bonds. The van der Waals surface area contributed by atoms with E-state index in [0.717, 1.165) is 30.8 Å². The van der Waals surface area contributed by atoms with Crippen molar-refractivity contribution in [3.63, 3.8) is 0 Å². The second kappa shape index (κ2) is 6.41. The van der Waals surface area contributed by atoms with Crippen molar-refractivity contribution in [3.05, 3.63) is 58.3 Å². The molecule has 0 bridgehead atoms. The van der Waals surface area contributed by atoms with Crippen LogP contribution in [-0.4, -0.2) is 23.9 Å². The average Bonchev–Trinajstić information content (AvgIpc) is 3.09. The van der Waals surface area contributed by atoms with E-state index in [1.54, 1.807) is 11.3 Å². The van der Waals surface area contributed by atoms with Crippen LogP contribution in [0.3, 0.4) is 0 Å². The third kappa shape index (κ3) is 3.17. The third-order valence-electron chi connectivity index (χ3n) is 4.19. The fourth-order valence-electron chi connectivity index (χ4n) is 2.95. The Labute approximate surface area is 129 Å². The minimum atomic E-state index is -0.502. The van der Waals surface area contributed by atoms with Gasteiger partial charge in [-0.25, -0.2) is 0 Å². The lowest BCUT2D eigenvalue weighted by atomic mass is 9.89. The summed E-state index contributed by atoms with van der Waals surface area (Å²) in [5.74, 6) is 0.622. The maximum atomic E-state index is 12.4. The van der Waals surface area contributed by atoms with Crippen LogP contribution in [0.1, 0.15) is 35.2 Å². The van der Waals surface area contributed by atoms with Crippen molar-refractivity contribution in [1.82, 2.24) is 4.90 Å². The summed E-state index contributed by atoms with van der Waals surface area (Å²) in [7, 11) is 0. The van der Waals surface area contributed by atoms with E-state index in [-0.39, 0.29) is 5.91 Å². The zero-order valence-electron chi connectivity index (χ0n) is 11.9. The number of carbonyl (C=O) groups excluding carboxylic acids is 1. The summed E-state index contributed by atoms with van der Waals surface area (Å²) in [5, 5.41) is 1.96. The summed E-state index contributed by atoms with van der Waals surface area (Å²) in [4.78, 5) is 15.3. The summed E-state index contributed by atoms with van der Waals surface area (Å²) in [6.07, 6.45) is 2.04. The number of nitrogens with zero attached hydrogens (tertiary/aromatic N) is 1. The first-order valence-corrected chi connectivity index (χ1v) is 8.26. The van der Waals surface area contributed by atoms with Crippen molar-refractivity contribution < 1.29 is 4.79 Å². The molecule has 0 spiro atoms. The molecule has 2 heterocycles. The zero-order valence-corrected chi connectivity index (χ0v) is 12.8. The second-order valence-electron chi connectivity index (χ2n) is 5.50. The van der Waals surface area contributed by atoms with E-state index < -0.39 is 6.04 Å². The van der Waals surface area contributed by atoms with E-state index in [1.165, 1.54) is 5.56 Å². The monoisotopic (exact) mass is 300 g/mol. The molecule has 1 unspecified atom stereocenters. The molecule has 21 heavy (non-hydrogen) atoms. The molecule has 1 atom stereocenters. The predicted molar refractivity (Wildman–Crippen MR) is 86.2 cm³/mol. The fraction of sp³-hybridized carbons (Fsp3) is 0.353. The van der Waals surface area contributed by atoms with Gasteiger partial charge in [-0.1, -0.05) is 36.4 Å². The van der Waals surface area contributed by atoms with Gasteiger partial charge in [0.1, 0.15) is 6.04 Å². The van der Waals surface area contributed by atoms with Gasteiger partial charge in [0.05, 0.1) is 0 Å². The molecule has 3 nitrogen and oxygen atoms in total. The van der Waals surface area contributed by atoms with Crippen molar-refractivity contribution in [2.24, 2.45) is 5.73 Å². The van der Waals surface area contributed by atoms with Gasteiger partial charge in [-0.15, -0.1) is 11.3 Å². The van der Waals surface area contributed by atoms with Crippen LogP contribution in [0.15, 0.2) is 47.8 Å². The number of carbonyl (C=O) groups is 1. The largest absolute Gasteiger partial charge is 0.341 e. The number of hydrogen-bond donors (Lipinski definition) is 1. The third-order valence-corrected chi connectivity index (χ3v) is 5.15. The van der Waals surface area contributed by atoms with Crippen LogP contribution in [0.25, 0.3) is 0 Å². The topological polar surface area (TPSA) is 46.3 Å². The number of amides is 1. The molecule has 1 aromatic carbocycles. The van der Waals surface area contributed by atoms with Gasteiger partial charge in [-0.3, -0.25) is 4.79 Å². The van der Waals surface area contributed by atoms with E-state index in [9.17, 15) is 4.79 Å². The molecule has 4 heteroatoms. The molecule has 1 aliphatic rings. The Morgan fingerprint density at radius 1 is 1.14 bits per heavy atom. The van der Waals surface area contributed by atoms with Crippen molar-refractivity contribution in [2.45, 2.75) is 24.8 Å². The van der Waals surface area contributed by atoms with E-state index in [2.05, 4.69) is 24.3 Å². The second-order valence-corrected chi connectivity index (χ2v) is 6.48. The molecule has 2 N–H and O–H groups in total. The lowest BCUT2D eigenvalue weighted by Crippen LogP contribution is -2.42. The number of piperidine rings is 1. The Morgan fingerprint density at radius 3 is 2.48 bits per heavy atom. The highest BCUT2D eigenvalue weighted by molar-refractivity contribution is 7.10. The lowest BCUT2D eigenvalue weighted by Gasteiger charge is -2.33. The summed E-state index contributed by atoms with van der Waals surface area (Å²) < 4.78 is 0. The van der Waals surface area contributed by atoms with Crippen LogP contribution in [0, 0.1) is 0 Å². The van der Waals surface area contributed by atoms with Crippen LogP contribution in [-0.2, 0) is 4.79 Å². The summed E-state index contributed by atoms with van der Waals surface area (Å²) >= 11 is 1.55. The first kappa shape index (κ1) is 14.3. The van der Waals surface area contributed by atoms with Gasteiger partial charge in [0.15, 0.2) is 0 Å². The lowest BCUT2D eigenvalue weighted by molar-refractivity contribution is -0.133. The van der Waals surface area contributed by atoms with Gasteiger partial charge in [0.2, 0.25) is 5.91 Å². The predicted octanol–water partition coefficient (Wildman–Crippen LogP) is 3.15. The van der Waals surface area contributed by atoms with Crippen molar-refractivity contribution in [3.8, 4) is 0 Å². The average molecular weight is 300 g/mol. The van der Waals surface area contributed by atoms with Crippen LogP contribution < -0.4 is 5.73 Å². The minimum Gasteiger partial charge on any atom is -0.341 e. The van der Waals surface area contributed by atoms with Gasteiger partial charge in [-0.05, 0) is 35.8 Å². The molecule has 1 aromatic heterocycles. The van der Waals surface area contributed by atoms with Crippen molar-refractivity contribution >= 4 is 17.2 Å². The molecule has 0 saturated carbocycles. The molecule has 110 valence electrons. The van der Waals surface area contributed by atoms with Gasteiger partial charge in [0, 0.05) is 18.0 Å². The molecule has 0 aliphatic carbocycles. The molecule has 2 aromatic rings. The molecule has 0 radical (unpaired) electrons. The van der Waals surface area contributed by atoms with E-state index in [4.69, 9.17) is 5.73 Å². The smallest absolute Gasteiger partial charge is 0.244 e. The first-order valence-electron chi connectivity index (χ1n) is 7.38. The standard InChI is InChI=1S/C17H20N2OS/c18-16(15-7-4-12-21-15)17(20)19-10-8-14(9-11-19)13-5-2-1-3-6-13/h1-7,12,14,16H,8-11,18H2. The normalized spacial score (nSPS) is 17.7. The number of benzene rings is 1. The van der Waals surface area contributed by atoms with Crippen LogP contribution in [0.5, 0.6) is 0 Å². The van der Waals surface area contributed by atoms with Gasteiger partial charge in [0.25, 0.3) is 0 Å². The Kier molecular flexibility index (Phi) is 4.36. The highest BCUT2D eigenvalue weighted by Gasteiger charge is 2.27. The first-order chi connectivity index (χ1) is 10.3. The van der Waals surface area contributed by atoms with E-state index in [0.29, 0.717) is 5.92 Å². The number of nitrogens with two attached hydrogens (primary N) is 1. The molecular weight excluding hydrogens is 280 g/mol. The Morgan fingerprint density at radius 2 is 1.86 bits per heavy atom. The molecule has 1 fully saturated rings. The van der Waals surface area contributed by atoms with Crippen molar-refractivity contribution in [2.75, 3.05) is 13.1 Å². The van der Waals surface area contributed by atoms with Gasteiger partial charge < -0.3 is 10.6 Å². The van der Waals surface area contributed by atoms with E-state index >= 15 is 0 Å². The Hall–Kier alpha value is -1.65. The highest BCUT2D eigenvalue weighted by Crippen LogP contribution is 2.29. The van der Waals surface area contributed by atoms with Crippen LogP contribution >= 0.6 is 11.3 Å².